The lowest BCUT2D eigenvalue weighted by Crippen LogP contribution is -2.23. The summed E-state index contributed by atoms with van der Waals surface area (Å²) in [7, 11) is 0. The zero-order valence-corrected chi connectivity index (χ0v) is 6.49. The van der Waals surface area contributed by atoms with E-state index in [9.17, 15) is 4.79 Å². The highest BCUT2D eigenvalue weighted by Gasteiger charge is 2.51. The predicted molar refractivity (Wildman–Crippen MR) is 42.0 cm³/mol. The molecule has 58 valence electrons. The summed E-state index contributed by atoms with van der Waals surface area (Å²) >= 11 is 0. The average molecular weight is 148 g/mol. The second-order valence-corrected chi connectivity index (χ2v) is 4.18. The maximum Gasteiger partial charge on any atom is 0.136 e. The van der Waals surface area contributed by atoms with E-state index in [0.29, 0.717) is 17.6 Å². The van der Waals surface area contributed by atoms with Crippen LogP contribution in [-0.4, -0.2) is 5.78 Å². The van der Waals surface area contributed by atoms with Crippen LogP contribution in [0.2, 0.25) is 0 Å². The maximum atomic E-state index is 11.3. The summed E-state index contributed by atoms with van der Waals surface area (Å²) in [6, 6.07) is 0. The van der Waals surface area contributed by atoms with E-state index in [0.717, 1.165) is 18.3 Å². The van der Waals surface area contributed by atoms with Crippen molar-refractivity contribution in [1.29, 1.82) is 0 Å². The van der Waals surface area contributed by atoms with E-state index in [1.54, 1.807) is 0 Å². The van der Waals surface area contributed by atoms with Crippen LogP contribution in [0.15, 0.2) is 12.2 Å². The molecule has 0 radical (unpaired) electrons. The molecule has 0 aromatic carbocycles. The van der Waals surface area contributed by atoms with Gasteiger partial charge in [-0.1, -0.05) is 12.2 Å². The molecule has 1 nitrogen and oxygen atoms in total. The zero-order valence-electron chi connectivity index (χ0n) is 6.49. The minimum atomic E-state index is 0.434. The van der Waals surface area contributed by atoms with Gasteiger partial charge in [0.2, 0.25) is 0 Å². The number of hydrogen-bond donors (Lipinski definition) is 0. The fraction of sp³-hybridized carbons (Fsp3) is 0.700. The van der Waals surface area contributed by atoms with Gasteiger partial charge in [0, 0.05) is 12.3 Å². The van der Waals surface area contributed by atoms with E-state index in [4.69, 9.17) is 0 Å². The van der Waals surface area contributed by atoms with Crippen molar-refractivity contribution in [3.05, 3.63) is 12.2 Å². The number of carbonyl (C=O) groups is 1. The van der Waals surface area contributed by atoms with Gasteiger partial charge >= 0.3 is 0 Å². The zero-order chi connectivity index (χ0) is 7.42. The lowest BCUT2D eigenvalue weighted by Gasteiger charge is -2.22. The largest absolute Gasteiger partial charge is 0.299 e. The first-order valence-electron chi connectivity index (χ1n) is 4.55. The molecule has 4 atom stereocenters. The van der Waals surface area contributed by atoms with Crippen LogP contribution in [0.3, 0.4) is 0 Å². The predicted octanol–water partition coefficient (Wildman–Crippen LogP) is 1.79. The maximum absolute atomic E-state index is 11.3. The van der Waals surface area contributed by atoms with Gasteiger partial charge in [-0.2, -0.15) is 0 Å². The summed E-state index contributed by atoms with van der Waals surface area (Å²) in [4.78, 5) is 11.3. The molecule has 0 amide bonds. The molecule has 2 fully saturated rings. The van der Waals surface area contributed by atoms with Crippen molar-refractivity contribution in [3.8, 4) is 0 Å². The third kappa shape index (κ3) is 0.597. The Kier molecular flexibility index (Phi) is 0.961. The Morgan fingerprint density at radius 1 is 1.45 bits per heavy atom. The van der Waals surface area contributed by atoms with Crippen LogP contribution < -0.4 is 0 Å². The Labute approximate surface area is 66.5 Å². The fourth-order valence-corrected chi connectivity index (χ4v) is 3.28. The molecule has 0 heterocycles. The average Bonchev–Trinajstić information content (AvgIpc) is 2.52. The highest BCUT2D eigenvalue weighted by atomic mass is 16.1. The molecule has 0 N–H and O–H groups in total. The van der Waals surface area contributed by atoms with Gasteiger partial charge in [0.1, 0.15) is 5.78 Å². The van der Waals surface area contributed by atoms with Crippen LogP contribution in [0, 0.1) is 23.7 Å². The molecule has 3 aliphatic rings. The van der Waals surface area contributed by atoms with Crippen molar-refractivity contribution in [2.75, 3.05) is 0 Å². The Balaban J connectivity index is 2.00. The Morgan fingerprint density at radius 2 is 2.36 bits per heavy atom. The lowest BCUT2D eigenvalue weighted by atomic mass is 9.81. The lowest BCUT2D eigenvalue weighted by molar-refractivity contribution is -0.123. The van der Waals surface area contributed by atoms with Crippen LogP contribution in [0.1, 0.15) is 19.3 Å². The van der Waals surface area contributed by atoms with Crippen LogP contribution >= 0.6 is 0 Å². The van der Waals surface area contributed by atoms with Crippen LogP contribution in [0.5, 0.6) is 0 Å². The minimum absolute atomic E-state index is 0.434. The highest BCUT2D eigenvalue weighted by Crippen LogP contribution is 2.54. The minimum Gasteiger partial charge on any atom is -0.299 e. The molecule has 3 rings (SSSR count). The Hall–Kier alpha value is -0.590. The normalized spacial score (nSPS) is 52.2. The van der Waals surface area contributed by atoms with Gasteiger partial charge in [0.05, 0.1) is 0 Å². The second-order valence-electron chi connectivity index (χ2n) is 4.18. The molecule has 0 aromatic heterocycles. The topological polar surface area (TPSA) is 17.1 Å². The van der Waals surface area contributed by atoms with E-state index >= 15 is 0 Å². The van der Waals surface area contributed by atoms with Crippen molar-refractivity contribution < 1.29 is 4.79 Å². The van der Waals surface area contributed by atoms with Gasteiger partial charge in [-0.15, -0.1) is 0 Å². The van der Waals surface area contributed by atoms with E-state index in [2.05, 4.69) is 12.2 Å². The molecule has 2 bridgehead atoms. The molecular formula is C10H12O. The third-order valence-corrected chi connectivity index (χ3v) is 3.76. The first-order chi connectivity index (χ1) is 5.36. The summed E-state index contributed by atoms with van der Waals surface area (Å²) in [6.45, 7) is 0. The van der Waals surface area contributed by atoms with E-state index in [1.165, 1.54) is 12.8 Å². The van der Waals surface area contributed by atoms with Crippen molar-refractivity contribution in [3.63, 3.8) is 0 Å². The van der Waals surface area contributed by atoms with Gasteiger partial charge in [-0.25, -0.2) is 0 Å². The monoisotopic (exact) mass is 148 g/mol. The standard InChI is InChI=1S/C10H12O/c11-10-5-6-4-9(10)8-3-1-2-7(6)8/h1,3,6-9H,2,4-5H2. The van der Waals surface area contributed by atoms with Gasteiger partial charge in [0.25, 0.3) is 0 Å². The number of allylic oxidation sites excluding steroid dienone is 2. The first kappa shape index (κ1) is 5.99. The van der Waals surface area contributed by atoms with Crippen molar-refractivity contribution in [2.45, 2.75) is 19.3 Å². The summed E-state index contributed by atoms with van der Waals surface area (Å²) in [5.74, 6) is 3.25. The van der Waals surface area contributed by atoms with Gasteiger partial charge in [-0.3, -0.25) is 4.79 Å². The smallest absolute Gasteiger partial charge is 0.136 e. The SMILES string of the molecule is O=C1CC2CC1C1C=CCC21. The van der Waals surface area contributed by atoms with E-state index in [1.807, 2.05) is 0 Å². The van der Waals surface area contributed by atoms with Gasteiger partial charge < -0.3 is 0 Å². The summed E-state index contributed by atoms with van der Waals surface area (Å²) < 4.78 is 0. The molecule has 4 unspecified atom stereocenters. The Morgan fingerprint density at radius 3 is 3.27 bits per heavy atom. The number of Topliss-reactive ketones (excluding diaryl/α,β-unsaturated/α-hetero) is 1. The molecule has 3 aliphatic carbocycles. The fourth-order valence-electron chi connectivity index (χ4n) is 3.28. The van der Waals surface area contributed by atoms with Crippen molar-refractivity contribution in [1.82, 2.24) is 0 Å². The summed E-state index contributed by atoms with van der Waals surface area (Å²) in [5.41, 5.74) is 0. The number of ketones is 1. The molecule has 1 heteroatoms. The van der Waals surface area contributed by atoms with E-state index < -0.39 is 0 Å². The quantitative estimate of drug-likeness (QED) is 0.479. The van der Waals surface area contributed by atoms with Crippen LogP contribution in [-0.2, 0) is 4.79 Å². The molecular weight excluding hydrogens is 136 g/mol. The summed E-state index contributed by atoms with van der Waals surface area (Å²) in [5, 5.41) is 0. The summed E-state index contributed by atoms with van der Waals surface area (Å²) in [6.07, 6.45) is 7.91. The van der Waals surface area contributed by atoms with Crippen molar-refractivity contribution >= 4 is 5.78 Å². The van der Waals surface area contributed by atoms with Crippen molar-refractivity contribution in [2.24, 2.45) is 23.7 Å². The van der Waals surface area contributed by atoms with Crippen LogP contribution in [0.4, 0.5) is 0 Å². The highest BCUT2D eigenvalue weighted by molar-refractivity contribution is 5.85. The van der Waals surface area contributed by atoms with E-state index in [-0.39, 0.29) is 0 Å². The molecule has 2 saturated carbocycles. The molecule has 11 heavy (non-hydrogen) atoms. The second kappa shape index (κ2) is 1.77. The number of carbonyl (C=O) groups excluding carboxylic acids is 1. The molecule has 0 aromatic rings. The third-order valence-electron chi connectivity index (χ3n) is 3.76. The first-order valence-corrected chi connectivity index (χ1v) is 4.55. The number of hydrogen-bond acceptors (Lipinski definition) is 1. The molecule has 0 spiro atoms. The number of rotatable bonds is 0. The molecule has 0 saturated heterocycles. The van der Waals surface area contributed by atoms with Gasteiger partial charge in [-0.05, 0) is 30.6 Å². The molecule has 0 aliphatic heterocycles. The Bertz CT molecular complexity index is 241. The number of fused-ring (bicyclic) bond motifs is 5. The van der Waals surface area contributed by atoms with Crippen LogP contribution in [0.25, 0.3) is 0 Å². The van der Waals surface area contributed by atoms with Gasteiger partial charge in [0.15, 0.2) is 0 Å².